The molecule has 76 heavy (non-hydrogen) atoms. The highest BCUT2D eigenvalue weighted by Crippen LogP contribution is 2.45. The van der Waals surface area contributed by atoms with Gasteiger partial charge < -0.3 is 28.4 Å². The average molecular weight is 1040 g/mol. The van der Waals surface area contributed by atoms with E-state index in [2.05, 4.69) is 87.1 Å². The molecule has 1 atom stereocenters. The van der Waals surface area contributed by atoms with E-state index in [0.29, 0.717) is 105 Å². The molecule has 15 heteroatoms. The second-order valence-electron chi connectivity index (χ2n) is 21.5. The minimum absolute atomic E-state index is 0.154. The number of pyridine rings is 1. The molecular weight excluding hydrogens is 975 g/mol. The summed E-state index contributed by atoms with van der Waals surface area (Å²) >= 11 is 0. The van der Waals surface area contributed by atoms with Crippen molar-refractivity contribution in [3.05, 3.63) is 137 Å². The van der Waals surface area contributed by atoms with Gasteiger partial charge in [0.15, 0.2) is 5.65 Å². The van der Waals surface area contributed by atoms with Gasteiger partial charge in [-0.2, -0.15) is 15.1 Å². The van der Waals surface area contributed by atoms with Crippen LogP contribution in [0.4, 0.5) is 14.6 Å². The Labute approximate surface area is 445 Å². The van der Waals surface area contributed by atoms with Crippen molar-refractivity contribution in [2.75, 3.05) is 38.8 Å². The van der Waals surface area contributed by atoms with Crippen LogP contribution < -0.4 is 23.8 Å². The molecule has 0 amide bonds. The highest BCUT2D eigenvalue weighted by molar-refractivity contribution is 6.90. The first-order valence-electron chi connectivity index (χ1n) is 26.4. The van der Waals surface area contributed by atoms with E-state index >= 15 is 4.39 Å². The van der Waals surface area contributed by atoms with Gasteiger partial charge in [0.25, 0.3) is 0 Å². The van der Waals surface area contributed by atoms with E-state index in [1.165, 1.54) is 6.07 Å². The number of aryl methyl sites for hydroxylation is 2. The van der Waals surface area contributed by atoms with Gasteiger partial charge in [-0.3, -0.25) is 9.58 Å². The van der Waals surface area contributed by atoms with Crippen LogP contribution in [0.2, 0.25) is 16.6 Å². The number of methoxy groups -OCH3 is 2. The molecule has 4 aromatic heterocycles. The van der Waals surface area contributed by atoms with E-state index in [1.807, 2.05) is 90.1 Å². The van der Waals surface area contributed by atoms with Crippen molar-refractivity contribution in [2.24, 2.45) is 14.1 Å². The summed E-state index contributed by atoms with van der Waals surface area (Å²) in [5, 5.41) is 7.29. The number of halogens is 2. The summed E-state index contributed by atoms with van der Waals surface area (Å²) in [6.07, 6.45) is 3.22. The predicted octanol–water partition coefficient (Wildman–Crippen LogP) is 13.1. The molecule has 0 spiro atoms. The Morgan fingerprint density at radius 1 is 0.763 bits per heavy atom. The van der Waals surface area contributed by atoms with Crippen molar-refractivity contribution in [3.63, 3.8) is 0 Å². The minimum Gasteiger partial charge on any atom is -0.497 e. The molecule has 394 valence electrons. The zero-order chi connectivity index (χ0) is 53.5. The van der Waals surface area contributed by atoms with Gasteiger partial charge in [0.1, 0.15) is 66.7 Å². The molecule has 12 nitrogen and oxygen atoms in total. The van der Waals surface area contributed by atoms with E-state index in [1.54, 1.807) is 14.2 Å². The lowest BCUT2D eigenvalue weighted by Crippen LogP contribution is -2.43. The van der Waals surface area contributed by atoms with Crippen LogP contribution in [0.25, 0.3) is 44.2 Å². The van der Waals surface area contributed by atoms with Crippen molar-refractivity contribution >= 4 is 46.7 Å². The molecule has 0 bridgehead atoms. The summed E-state index contributed by atoms with van der Waals surface area (Å²) < 4.78 is 59.2. The van der Waals surface area contributed by atoms with Gasteiger partial charge in [0.05, 0.1) is 37.2 Å². The molecule has 0 radical (unpaired) electrons. The Morgan fingerprint density at radius 2 is 1.42 bits per heavy atom. The summed E-state index contributed by atoms with van der Waals surface area (Å²) in [5.74, 6) is 5.62. The largest absolute Gasteiger partial charge is 0.497 e. The Morgan fingerprint density at radius 3 is 2.04 bits per heavy atom. The van der Waals surface area contributed by atoms with Gasteiger partial charge in [-0.15, -0.1) is 5.54 Å². The molecule has 0 N–H and O–H groups in total. The highest BCUT2D eigenvalue weighted by Gasteiger charge is 2.47. The smallest absolute Gasteiger partial charge is 0.321 e. The third-order valence-electron chi connectivity index (χ3n) is 16.1. The summed E-state index contributed by atoms with van der Waals surface area (Å²) in [5.41, 5.74) is 11.5. The fourth-order valence-corrected chi connectivity index (χ4v) is 17.5. The lowest BCUT2D eigenvalue weighted by atomic mass is 9.94. The summed E-state index contributed by atoms with van der Waals surface area (Å²) in [7, 11) is 4.81. The fourth-order valence-electron chi connectivity index (χ4n) is 12.3. The number of fused-ring (bicyclic) bond motifs is 5. The Balaban J connectivity index is 1.21. The van der Waals surface area contributed by atoms with Crippen LogP contribution >= 0.6 is 0 Å². The number of ether oxygens (including phenoxy) is 4. The molecule has 2 fully saturated rings. The van der Waals surface area contributed by atoms with Crippen LogP contribution in [0, 0.1) is 17.3 Å². The van der Waals surface area contributed by atoms with Crippen LogP contribution in [-0.4, -0.2) is 81.7 Å². The maximum Gasteiger partial charge on any atom is 0.321 e. The minimum atomic E-state index is -2.35. The van der Waals surface area contributed by atoms with E-state index in [4.69, 9.17) is 39.0 Å². The van der Waals surface area contributed by atoms with Crippen molar-refractivity contribution in [1.82, 2.24) is 34.2 Å². The van der Waals surface area contributed by atoms with Gasteiger partial charge in [-0.05, 0) is 106 Å². The van der Waals surface area contributed by atoms with E-state index in [9.17, 15) is 4.39 Å². The molecule has 0 saturated carbocycles. The van der Waals surface area contributed by atoms with Gasteiger partial charge in [0.2, 0.25) is 5.88 Å². The number of aromatic nitrogens is 6. The number of nitrogens with zero attached hydrogens (tertiary/aromatic N) is 8. The normalized spacial score (nSPS) is 16.4. The molecule has 2 aliphatic heterocycles. The highest BCUT2D eigenvalue weighted by atomic mass is 28.3. The van der Waals surface area contributed by atoms with E-state index in [0.717, 1.165) is 64.9 Å². The van der Waals surface area contributed by atoms with Crippen molar-refractivity contribution in [1.29, 1.82) is 0 Å². The van der Waals surface area contributed by atoms with Crippen molar-refractivity contribution in [3.8, 4) is 46.2 Å². The second kappa shape index (κ2) is 21.4. The van der Waals surface area contributed by atoms with Gasteiger partial charge in [-0.1, -0.05) is 108 Å². The van der Waals surface area contributed by atoms with Crippen LogP contribution in [0.3, 0.4) is 0 Å². The molecule has 6 heterocycles. The second-order valence-corrected chi connectivity index (χ2v) is 27.1. The molecule has 0 unspecified atom stereocenters. The van der Waals surface area contributed by atoms with E-state index < -0.39 is 13.9 Å². The lowest BCUT2D eigenvalue weighted by molar-refractivity contribution is 0.107. The number of hydrogen-bond donors (Lipinski definition) is 0. The molecule has 2 saturated heterocycles. The number of anilines is 1. The first kappa shape index (κ1) is 52.2. The van der Waals surface area contributed by atoms with Crippen LogP contribution in [0.1, 0.15) is 83.1 Å². The van der Waals surface area contributed by atoms with Crippen LogP contribution in [0.5, 0.6) is 23.4 Å². The van der Waals surface area contributed by atoms with Crippen molar-refractivity contribution in [2.45, 2.75) is 103 Å². The summed E-state index contributed by atoms with van der Waals surface area (Å²) in [6, 6.07) is 31.6. The molecule has 10 rings (SSSR count). The topological polar surface area (TPSA) is 105 Å². The first-order valence-corrected chi connectivity index (χ1v) is 28.6. The maximum atomic E-state index is 17.1. The molecule has 4 aromatic carbocycles. The number of hydrogen-bond acceptors (Lipinski definition) is 10. The number of rotatable bonds is 17. The molecular formula is C61H68F2N8O4Si. The third kappa shape index (κ3) is 9.66. The number of benzene rings is 4. The van der Waals surface area contributed by atoms with Crippen LogP contribution in [-0.2, 0) is 33.8 Å². The fraction of sp³-hybridized carbons (Fsp3) is 0.377. The SMILES string of the molecule is COc1ccc(CN(Cc2ccc(OC)cc2)c2cc3ccc(F)c(C#C[Si](C(C)C)(C(C)C)C(C)C)c3c(-c3nn(C)c4c5c(OCc6ccccc6)nc(OC[C@@]67CCCN6C/C(=C\F)C7)nc5n(C)c34)n2)cc1. The van der Waals surface area contributed by atoms with Gasteiger partial charge in [0, 0.05) is 39.1 Å². The Bertz CT molecular complexity index is 3440. The van der Waals surface area contributed by atoms with E-state index in [-0.39, 0.29) is 18.2 Å². The maximum absolute atomic E-state index is 17.1. The van der Waals surface area contributed by atoms with Gasteiger partial charge in [-0.25, -0.2) is 13.8 Å². The zero-order valence-corrected chi connectivity index (χ0v) is 46.4. The van der Waals surface area contributed by atoms with Crippen molar-refractivity contribution < 1.29 is 27.7 Å². The summed E-state index contributed by atoms with van der Waals surface area (Å²) in [4.78, 5) is 20.3. The quantitative estimate of drug-likeness (QED) is 0.0647. The van der Waals surface area contributed by atoms with Gasteiger partial charge >= 0.3 is 6.01 Å². The standard InChI is InChI=1S/C61H68F2N8O4Si/c1-39(2)76(40(3)4,41(5)6)30-27-49-50(63)26-21-46-31-51(70(34-42-17-22-47(72-9)23-18-42)35-43-19-24-48(73-10)25-20-43)64-54(52(46)49)55-57-56(69(8)67-55)53-58(68(57)7)65-60(66-59(53)74-37-44-15-12-11-13-16-44)75-38-61-28-14-29-71(61)36-45(32-61)33-62/h11-13,15-26,31,33,39-41H,14,28-29,32,34-38H2,1-10H3/b45-33-/t61-/m0/s1. The zero-order valence-electron chi connectivity index (χ0n) is 45.4. The summed E-state index contributed by atoms with van der Waals surface area (Å²) in [6.45, 7) is 16.5. The third-order valence-corrected chi connectivity index (χ3v) is 22.4. The first-order chi connectivity index (χ1) is 36.7. The monoisotopic (exact) mass is 1040 g/mol. The predicted molar refractivity (Wildman–Crippen MR) is 301 cm³/mol. The van der Waals surface area contributed by atoms with Crippen LogP contribution in [0.15, 0.2) is 109 Å². The average Bonchev–Trinajstić information content (AvgIpc) is 4.27. The lowest BCUT2D eigenvalue weighted by Gasteiger charge is -2.38. The molecule has 0 aliphatic carbocycles. The Hall–Kier alpha value is -7.28. The molecule has 8 aromatic rings. The molecule has 2 aliphatic rings. The Kier molecular flexibility index (Phi) is 14.7.